The number of hydrogen-bond donors (Lipinski definition) is 0. The Morgan fingerprint density at radius 3 is 2.86 bits per heavy atom. The van der Waals surface area contributed by atoms with E-state index in [0.717, 1.165) is 4.88 Å². The van der Waals surface area contributed by atoms with Crippen molar-refractivity contribution in [1.29, 1.82) is 0 Å². The Morgan fingerprint density at radius 2 is 2.24 bits per heavy atom. The molecule has 0 spiro atoms. The molecule has 112 valence electrons. The van der Waals surface area contributed by atoms with Gasteiger partial charge < -0.3 is 0 Å². The summed E-state index contributed by atoms with van der Waals surface area (Å²) < 4.78 is 36.6. The Kier molecular flexibility index (Phi) is 3.54. The van der Waals surface area contributed by atoms with Crippen molar-refractivity contribution in [3.63, 3.8) is 0 Å². The molecule has 1 aliphatic heterocycles. The van der Waals surface area contributed by atoms with Crippen molar-refractivity contribution < 1.29 is 17.1 Å². The minimum atomic E-state index is -4.71. The predicted octanol–water partition coefficient (Wildman–Crippen LogP) is 1.40. The summed E-state index contributed by atoms with van der Waals surface area (Å²) >= 11 is 1.56. The second kappa shape index (κ2) is 5.23. The van der Waals surface area contributed by atoms with Gasteiger partial charge in [-0.25, -0.2) is 4.68 Å². The number of aromatic nitrogens is 2. The van der Waals surface area contributed by atoms with Gasteiger partial charge in [-0.3, -0.25) is 9.69 Å². The normalized spacial score (nSPS) is 19.4. The van der Waals surface area contributed by atoms with Crippen molar-refractivity contribution in [3.05, 3.63) is 34.7 Å². The molecule has 21 heavy (non-hydrogen) atoms. The van der Waals surface area contributed by atoms with Gasteiger partial charge >= 0.3 is 10.2 Å². The molecule has 2 aromatic heterocycles. The van der Waals surface area contributed by atoms with E-state index in [0.29, 0.717) is 12.4 Å². The van der Waals surface area contributed by atoms with Gasteiger partial charge in [0.15, 0.2) is 0 Å². The molecule has 0 radical (unpaired) electrons. The number of carbonyl (C=O) groups is 1. The van der Waals surface area contributed by atoms with E-state index in [4.69, 9.17) is 0 Å². The lowest BCUT2D eigenvalue weighted by atomic mass is 10.4. The Balaban J connectivity index is 1.85. The minimum Gasteiger partial charge on any atom is -0.296 e. The number of anilines is 1. The van der Waals surface area contributed by atoms with Crippen molar-refractivity contribution in [2.45, 2.75) is 18.2 Å². The van der Waals surface area contributed by atoms with E-state index in [1.165, 1.54) is 11.1 Å². The van der Waals surface area contributed by atoms with Crippen LogP contribution >= 0.6 is 11.3 Å². The van der Waals surface area contributed by atoms with Gasteiger partial charge in [0.05, 0.1) is 12.7 Å². The van der Waals surface area contributed by atoms with Gasteiger partial charge in [0.25, 0.3) is 0 Å². The molecule has 9 heteroatoms. The fourth-order valence-corrected chi connectivity index (χ4v) is 3.67. The summed E-state index contributed by atoms with van der Waals surface area (Å²) in [6, 6.07) is 5.48. The maximum Gasteiger partial charge on any atom is 0.307 e. The lowest BCUT2D eigenvalue weighted by Crippen LogP contribution is -2.29. The van der Waals surface area contributed by atoms with Crippen LogP contribution < -0.4 is 4.90 Å². The van der Waals surface area contributed by atoms with E-state index in [2.05, 4.69) is 5.10 Å². The SMILES string of the molecule is O=C1CC(S(=O)(=O)F)CN1c1ccnn1Cc1cccs1. The predicted molar refractivity (Wildman–Crippen MR) is 76.4 cm³/mol. The molecule has 1 saturated heterocycles. The minimum absolute atomic E-state index is 0.173. The number of nitrogens with zero attached hydrogens (tertiary/aromatic N) is 3. The zero-order valence-corrected chi connectivity index (χ0v) is 12.5. The van der Waals surface area contributed by atoms with E-state index in [1.807, 2.05) is 17.5 Å². The number of halogens is 1. The second-order valence-corrected chi connectivity index (χ2v) is 7.38. The van der Waals surface area contributed by atoms with Crippen molar-refractivity contribution in [2.24, 2.45) is 0 Å². The third kappa shape index (κ3) is 2.84. The van der Waals surface area contributed by atoms with E-state index in [9.17, 15) is 17.1 Å². The molecule has 1 amide bonds. The maximum absolute atomic E-state index is 13.1. The van der Waals surface area contributed by atoms with Crippen LogP contribution in [0.15, 0.2) is 29.8 Å². The van der Waals surface area contributed by atoms with Crippen molar-refractivity contribution >= 4 is 33.3 Å². The second-order valence-electron chi connectivity index (χ2n) is 4.73. The maximum atomic E-state index is 13.1. The smallest absolute Gasteiger partial charge is 0.296 e. The highest BCUT2D eigenvalue weighted by Crippen LogP contribution is 2.26. The summed E-state index contributed by atoms with van der Waals surface area (Å²) in [6.45, 7) is 0.310. The van der Waals surface area contributed by atoms with E-state index >= 15 is 0 Å². The van der Waals surface area contributed by atoms with E-state index in [-0.39, 0.29) is 13.0 Å². The highest BCUT2D eigenvalue weighted by atomic mass is 32.3. The number of thiophene rings is 1. The van der Waals surface area contributed by atoms with Crippen LogP contribution in [0.3, 0.4) is 0 Å². The fourth-order valence-electron chi connectivity index (χ4n) is 2.31. The topological polar surface area (TPSA) is 72.3 Å². The van der Waals surface area contributed by atoms with Crippen LogP contribution in [-0.2, 0) is 21.6 Å². The quantitative estimate of drug-likeness (QED) is 0.795. The van der Waals surface area contributed by atoms with Gasteiger partial charge in [-0.05, 0) is 11.4 Å². The first-order valence-electron chi connectivity index (χ1n) is 6.23. The molecule has 0 N–H and O–H groups in total. The highest BCUT2D eigenvalue weighted by Gasteiger charge is 2.40. The van der Waals surface area contributed by atoms with Crippen LogP contribution in [0.5, 0.6) is 0 Å². The molecule has 6 nitrogen and oxygen atoms in total. The molecule has 0 saturated carbocycles. The zero-order valence-electron chi connectivity index (χ0n) is 10.8. The standard InChI is InChI=1S/C12H12FN3O3S2/c13-21(18,19)10-6-12(17)15(8-10)11-3-4-14-16(11)7-9-2-1-5-20-9/h1-5,10H,6-8H2. The van der Waals surface area contributed by atoms with E-state index < -0.39 is 21.4 Å². The number of rotatable bonds is 4. The molecule has 1 aliphatic rings. The molecule has 3 heterocycles. The van der Waals surface area contributed by atoms with E-state index in [1.54, 1.807) is 22.1 Å². The highest BCUT2D eigenvalue weighted by molar-refractivity contribution is 7.87. The summed E-state index contributed by atoms with van der Waals surface area (Å²) in [5.74, 6) is 0.0775. The van der Waals surface area contributed by atoms with Crippen LogP contribution in [0, 0.1) is 0 Å². The number of amides is 1. The molecule has 1 unspecified atom stereocenters. The number of carbonyl (C=O) groups excluding carboxylic acids is 1. The molecular formula is C12H12FN3O3S2. The summed E-state index contributed by atoms with van der Waals surface area (Å²) in [7, 11) is -4.71. The molecule has 2 aromatic rings. The Hall–Kier alpha value is -1.74. The lowest BCUT2D eigenvalue weighted by molar-refractivity contribution is -0.117. The molecule has 0 bridgehead atoms. The zero-order chi connectivity index (χ0) is 15.0. The fraction of sp³-hybridized carbons (Fsp3) is 0.333. The summed E-state index contributed by atoms with van der Waals surface area (Å²) in [4.78, 5) is 14.3. The first-order chi connectivity index (χ1) is 9.95. The van der Waals surface area contributed by atoms with Gasteiger partial charge in [0.1, 0.15) is 11.1 Å². The van der Waals surface area contributed by atoms with Crippen molar-refractivity contribution in [1.82, 2.24) is 9.78 Å². The summed E-state index contributed by atoms with van der Waals surface area (Å²) in [6.07, 6.45) is 1.20. The Morgan fingerprint density at radius 1 is 1.43 bits per heavy atom. The lowest BCUT2D eigenvalue weighted by Gasteiger charge is -2.17. The average molecular weight is 329 g/mol. The third-order valence-electron chi connectivity index (χ3n) is 3.34. The monoisotopic (exact) mass is 329 g/mol. The van der Waals surface area contributed by atoms with Gasteiger partial charge in [0, 0.05) is 23.9 Å². The number of hydrogen-bond acceptors (Lipinski definition) is 5. The van der Waals surface area contributed by atoms with Crippen molar-refractivity contribution in [3.8, 4) is 0 Å². The Bertz CT molecular complexity index is 755. The van der Waals surface area contributed by atoms with Crippen LogP contribution in [0.4, 0.5) is 9.70 Å². The van der Waals surface area contributed by atoms with Gasteiger partial charge in [-0.1, -0.05) is 6.07 Å². The van der Waals surface area contributed by atoms with Gasteiger partial charge in [-0.2, -0.15) is 13.5 Å². The molecule has 1 fully saturated rings. The van der Waals surface area contributed by atoms with Gasteiger partial charge in [0.2, 0.25) is 5.91 Å². The largest absolute Gasteiger partial charge is 0.307 e. The van der Waals surface area contributed by atoms with Crippen LogP contribution in [0.2, 0.25) is 0 Å². The molecule has 3 rings (SSSR count). The third-order valence-corrected chi connectivity index (χ3v) is 5.32. The first kappa shape index (κ1) is 14.2. The van der Waals surface area contributed by atoms with Gasteiger partial charge in [-0.15, -0.1) is 15.2 Å². The average Bonchev–Trinajstić information content (AvgIpc) is 3.09. The first-order valence-corrected chi connectivity index (χ1v) is 8.56. The van der Waals surface area contributed by atoms with Crippen LogP contribution in [0.25, 0.3) is 0 Å². The summed E-state index contributed by atoms with van der Waals surface area (Å²) in [5.41, 5.74) is 0. The van der Waals surface area contributed by atoms with Crippen LogP contribution in [0.1, 0.15) is 11.3 Å². The molecule has 1 atom stereocenters. The Labute approximate surface area is 125 Å². The molecular weight excluding hydrogens is 317 g/mol. The van der Waals surface area contributed by atoms with Crippen LogP contribution in [-0.4, -0.2) is 35.9 Å². The molecule has 0 aromatic carbocycles. The molecule has 0 aliphatic carbocycles. The van der Waals surface area contributed by atoms with Crippen molar-refractivity contribution in [2.75, 3.05) is 11.4 Å². The summed E-state index contributed by atoms with van der Waals surface area (Å²) in [5, 5.41) is 4.78.